The van der Waals surface area contributed by atoms with Gasteiger partial charge in [0.05, 0.1) is 17.9 Å². The smallest absolute Gasteiger partial charge is 0.475 e. The Morgan fingerprint density at radius 1 is 1.32 bits per heavy atom. The summed E-state index contributed by atoms with van der Waals surface area (Å²) in [7, 11) is 1.94. The molecule has 0 saturated heterocycles. The monoisotopic (exact) mass is 444 g/mol. The molecule has 0 fully saturated rings. The molecule has 3 heterocycles. The van der Waals surface area contributed by atoms with E-state index in [1.54, 1.807) is 0 Å². The first-order valence-electron chi connectivity index (χ1n) is 9.77. The molecular weight excluding hydrogens is 417 g/mol. The molecular formula is C19H27F3N6O3. The third kappa shape index (κ3) is 7.39. The Balaban J connectivity index is 0.000000423. The Morgan fingerprint density at radius 3 is 2.55 bits per heavy atom. The molecule has 172 valence electrons. The predicted octanol–water partition coefficient (Wildman–Crippen LogP) is 1.97. The lowest BCUT2D eigenvalue weighted by atomic mass is 10.1. The second-order valence-electron chi connectivity index (χ2n) is 7.65. The van der Waals surface area contributed by atoms with E-state index < -0.39 is 12.1 Å². The highest BCUT2D eigenvalue weighted by Gasteiger charge is 2.38. The molecule has 2 aromatic rings. The first kappa shape index (κ1) is 24.4. The summed E-state index contributed by atoms with van der Waals surface area (Å²) in [4.78, 5) is 23.1. The van der Waals surface area contributed by atoms with E-state index in [4.69, 9.17) is 9.90 Å². The molecule has 9 nitrogen and oxygen atoms in total. The Labute approximate surface area is 177 Å². The van der Waals surface area contributed by atoms with E-state index in [-0.39, 0.29) is 17.9 Å². The highest BCUT2D eigenvalue weighted by molar-refractivity contribution is 5.77. The van der Waals surface area contributed by atoms with Gasteiger partial charge in [-0.25, -0.2) is 4.79 Å². The van der Waals surface area contributed by atoms with Gasteiger partial charge in [0.25, 0.3) is 0 Å². The van der Waals surface area contributed by atoms with Crippen molar-refractivity contribution in [1.29, 1.82) is 0 Å². The van der Waals surface area contributed by atoms with Crippen LogP contribution in [0.25, 0.3) is 0 Å². The van der Waals surface area contributed by atoms with Crippen molar-refractivity contribution in [2.45, 2.75) is 45.6 Å². The molecule has 1 aliphatic rings. The number of alkyl halides is 3. The molecule has 0 saturated carbocycles. The molecule has 2 aromatic heterocycles. The van der Waals surface area contributed by atoms with Crippen LogP contribution in [0, 0.1) is 5.92 Å². The van der Waals surface area contributed by atoms with Gasteiger partial charge in [0, 0.05) is 57.1 Å². The van der Waals surface area contributed by atoms with Gasteiger partial charge >= 0.3 is 12.1 Å². The van der Waals surface area contributed by atoms with E-state index in [0.29, 0.717) is 6.54 Å². The van der Waals surface area contributed by atoms with Crippen LogP contribution in [0.1, 0.15) is 37.6 Å². The summed E-state index contributed by atoms with van der Waals surface area (Å²) in [5.74, 6) is -2.62. The fourth-order valence-corrected chi connectivity index (χ4v) is 3.18. The predicted molar refractivity (Wildman–Crippen MR) is 105 cm³/mol. The van der Waals surface area contributed by atoms with Crippen molar-refractivity contribution in [2.24, 2.45) is 13.0 Å². The van der Waals surface area contributed by atoms with Crippen molar-refractivity contribution >= 4 is 11.9 Å². The number of carboxylic acid groups (broad SMARTS) is 1. The van der Waals surface area contributed by atoms with Crippen LogP contribution in [0.2, 0.25) is 0 Å². The summed E-state index contributed by atoms with van der Waals surface area (Å²) < 4.78 is 35.7. The van der Waals surface area contributed by atoms with Crippen LogP contribution in [-0.2, 0) is 29.7 Å². The van der Waals surface area contributed by atoms with Gasteiger partial charge in [-0.15, -0.1) is 0 Å². The van der Waals surface area contributed by atoms with E-state index in [2.05, 4.69) is 37.4 Å². The minimum absolute atomic E-state index is 0.0266. The van der Waals surface area contributed by atoms with Gasteiger partial charge in [-0.3, -0.25) is 19.1 Å². The first-order valence-corrected chi connectivity index (χ1v) is 9.77. The maximum absolute atomic E-state index is 11.7. The largest absolute Gasteiger partial charge is 0.490 e. The van der Waals surface area contributed by atoms with Gasteiger partial charge in [0.15, 0.2) is 0 Å². The second kappa shape index (κ2) is 10.4. The summed E-state index contributed by atoms with van der Waals surface area (Å²) in [5, 5.41) is 18.9. The number of aliphatic carboxylic acids is 1. The lowest BCUT2D eigenvalue weighted by molar-refractivity contribution is -0.192. The fourth-order valence-electron chi connectivity index (χ4n) is 3.18. The number of hydrogen-bond acceptors (Lipinski definition) is 5. The van der Waals surface area contributed by atoms with Gasteiger partial charge in [0.2, 0.25) is 5.91 Å². The zero-order valence-electron chi connectivity index (χ0n) is 17.6. The van der Waals surface area contributed by atoms with Crippen LogP contribution >= 0.6 is 0 Å². The van der Waals surface area contributed by atoms with E-state index in [9.17, 15) is 18.0 Å². The van der Waals surface area contributed by atoms with Crippen LogP contribution in [0.3, 0.4) is 0 Å². The minimum atomic E-state index is -5.08. The molecule has 0 aliphatic carbocycles. The Bertz CT molecular complexity index is 877. The minimum Gasteiger partial charge on any atom is -0.475 e. The topological polar surface area (TPSA) is 105 Å². The summed E-state index contributed by atoms with van der Waals surface area (Å²) in [6, 6.07) is 2.36. The number of aromatic nitrogens is 4. The van der Waals surface area contributed by atoms with Gasteiger partial charge in [0.1, 0.15) is 0 Å². The number of hydrogen-bond donors (Lipinski definition) is 2. The number of fused-ring (bicyclic) bond motifs is 1. The molecule has 3 rings (SSSR count). The number of rotatable bonds is 6. The zero-order chi connectivity index (χ0) is 23.2. The van der Waals surface area contributed by atoms with Crippen molar-refractivity contribution in [3.63, 3.8) is 0 Å². The summed E-state index contributed by atoms with van der Waals surface area (Å²) in [6.07, 6.45) is 1.65. The molecule has 1 amide bonds. The van der Waals surface area contributed by atoms with E-state index in [0.717, 1.165) is 26.1 Å². The third-order valence-electron chi connectivity index (χ3n) is 4.66. The standard InChI is InChI=1S/C17H26N6O.C2HF3O2/c1-13(2)17(24)18-6-4-15-11-22(10-14-8-20-21(3)9-14)12-16-5-7-19-23(15)16;3-2(4,5)1(6)7/h5,7-9,13,15H,4,6,10-12H2,1-3H3,(H,18,24);(H,6,7). The highest BCUT2D eigenvalue weighted by atomic mass is 19.4. The molecule has 0 aromatic carbocycles. The average Bonchev–Trinajstić information content (AvgIpc) is 3.30. The lowest BCUT2D eigenvalue weighted by Gasteiger charge is -2.33. The number of amides is 1. The van der Waals surface area contributed by atoms with E-state index in [1.165, 1.54) is 11.3 Å². The summed E-state index contributed by atoms with van der Waals surface area (Å²) in [5.41, 5.74) is 2.45. The quantitative estimate of drug-likeness (QED) is 0.706. The fraction of sp³-hybridized carbons (Fsp3) is 0.579. The molecule has 31 heavy (non-hydrogen) atoms. The zero-order valence-corrected chi connectivity index (χ0v) is 17.6. The molecule has 12 heteroatoms. The van der Waals surface area contributed by atoms with Crippen molar-refractivity contribution < 1.29 is 27.9 Å². The number of nitrogens with one attached hydrogen (secondary N) is 1. The summed E-state index contributed by atoms with van der Waals surface area (Å²) >= 11 is 0. The average molecular weight is 444 g/mol. The SMILES string of the molecule is CC(C)C(=O)NCCC1CN(Cc2cnn(C)c2)Cc2ccnn21.O=C(O)C(F)(F)F. The molecule has 1 aliphatic heterocycles. The molecule has 0 spiro atoms. The van der Waals surface area contributed by atoms with Crippen LogP contribution in [0.5, 0.6) is 0 Å². The van der Waals surface area contributed by atoms with Crippen LogP contribution in [0.15, 0.2) is 24.7 Å². The van der Waals surface area contributed by atoms with Crippen molar-refractivity contribution in [1.82, 2.24) is 29.8 Å². The van der Waals surface area contributed by atoms with Crippen molar-refractivity contribution in [3.05, 3.63) is 35.9 Å². The Morgan fingerprint density at radius 2 is 2.00 bits per heavy atom. The number of nitrogens with zero attached hydrogens (tertiary/aromatic N) is 5. The van der Waals surface area contributed by atoms with Crippen LogP contribution in [-0.4, -0.2) is 60.7 Å². The summed E-state index contributed by atoms with van der Waals surface area (Å²) in [6.45, 7) is 7.22. The number of aryl methyl sites for hydroxylation is 1. The van der Waals surface area contributed by atoms with Crippen molar-refractivity contribution in [3.8, 4) is 0 Å². The van der Waals surface area contributed by atoms with Crippen molar-refractivity contribution in [2.75, 3.05) is 13.1 Å². The van der Waals surface area contributed by atoms with Gasteiger partial charge in [-0.2, -0.15) is 23.4 Å². The Kier molecular flexibility index (Phi) is 8.20. The highest BCUT2D eigenvalue weighted by Crippen LogP contribution is 2.24. The van der Waals surface area contributed by atoms with Gasteiger partial charge in [-0.1, -0.05) is 13.8 Å². The Hall–Kier alpha value is -2.89. The van der Waals surface area contributed by atoms with Gasteiger partial charge in [-0.05, 0) is 12.5 Å². The molecule has 1 unspecified atom stereocenters. The number of carbonyl (C=O) groups is 2. The lowest BCUT2D eigenvalue weighted by Crippen LogP contribution is -2.39. The third-order valence-corrected chi connectivity index (χ3v) is 4.66. The maximum Gasteiger partial charge on any atom is 0.490 e. The molecule has 2 N–H and O–H groups in total. The van der Waals surface area contributed by atoms with E-state index >= 15 is 0 Å². The number of carboxylic acids is 1. The van der Waals surface area contributed by atoms with Crippen LogP contribution < -0.4 is 5.32 Å². The molecule has 0 bridgehead atoms. The van der Waals surface area contributed by atoms with E-state index in [1.807, 2.05) is 38.0 Å². The normalized spacial score (nSPS) is 16.4. The van der Waals surface area contributed by atoms with Crippen LogP contribution in [0.4, 0.5) is 13.2 Å². The number of halogens is 3. The first-order chi connectivity index (χ1) is 14.5. The van der Waals surface area contributed by atoms with Gasteiger partial charge < -0.3 is 10.4 Å². The number of carbonyl (C=O) groups excluding carboxylic acids is 1. The molecule has 1 atom stereocenters. The molecule has 0 radical (unpaired) electrons. The second-order valence-corrected chi connectivity index (χ2v) is 7.65. The maximum atomic E-state index is 11.7.